The number of carbonyl (C=O) groups excluding carboxylic acids is 2. The minimum Gasteiger partial charge on any atom is -0.422 e. The first kappa shape index (κ1) is 15.7. The van der Waals surface area contributed by atoms with Gasteiger partial charge in [0.05, 0.1) is 5.56 Å². The number of nitrogens with zero attached hydrogens (tertiary/aromatic N) is 1. The van der Waals surface area contributed by atoms with E-state index >= 15 is 0 Å². The smallest absolute Gasteiger partial charge is 0.349 e. The summed E-state index contributed by atoms with van der Waals surface area (Å²) in [5.74, 6) is -0.209. The minimum atomic E-state index is -0.610. The van der Waals surface area contributed by atoms with Crippen molar-refractivity contribution in [2.45, 2.75) is 13.8 Å². The van der Waals surface area contributed by atoms with E-state index in [1.54, 1.807) is 31.2 Å². The van der Waals surface area contributed by atoms with Gasteiger partial charge >= 0.3 is 5.97 Å². The van der Waals surface area contributed by atoms with Crippen molar-refractivity contribution >= 4 is 11.8 Å². The Hall–Kier alpha value is -3.21. The molecule has 0 amide bonds. The molecule has 0 radical (unpaired) electrons. The molecule has 1 aromatic heterocycles. The predicted octanol–water partition coefficient (Wildman–Crippen LogP) is 4.07. The van der Waals surface area contributed by atoms with Crippen LogP contribution in [0.25, 0.3) is 11.3 Å². The Morgan fingerprint density at radius 3 is 2.38 bits per heavy atom. The maximum Gasteiger partial charge on any atom is 0.349 e. The molecule has 0 saturated carbocycles. The van der Waals surface area contributed by atoms with Crippen molar-refractivity contribution in [3.8, 4) is 17.0 Å². The zero-order valence-corrected chi connectivity index (χ0v) is 13.3. The molecule has 0 aliphatic rings. The number of carbonyl (C=O) groups is 2. The van der Waals surface area contributed by atoms with Crippen LogP contribution >= 0.6 is 0 Å². The van der Waals surface area contributed by atoms with E-state index in [9.17, 15) is 9.59 Å². The maximum atomic E-state index is 12.6. The third-order valence-corrected chi connectivity index (χ3v) is 3.58. The second-order valence-electron chi connectivity index (χ2n) is 5.27. The number of hydrogen-bond acceptors (Lipinski definition) is 5. The molecule has 0 atom stereocenters. The summed E-state index contributed by atoms with van der Waals surface area (Å²) in [6, 6.07) is 15.8. The molecule has 0 aliphatic heterocycles. The van der Waals surface area contributed by atoms with Crippen LogP contribution in [0.1, 0.15) is 33.4 Å². The highest BCUT2D eigenvalue weighted by Crippen LogP contribution is 2.27. The zero-order valence-electron chi connectivity index (χ0n) is 13.3. The first-order valence-corrected chi connectivity index (χ1v) is 7.41. The number of esters is 1. The van der Waals surface area contributed by atoms with Gasteiger partial charge in [-0.05, 0) is 26.0 Å². The molecule has 0 bridgehead atoms. The maximum absolute atomic E-state index is 12.6. The number of aryl methyl sites for hydroxylation is 1. The Morgan fingerprint density at radius 2 is 1.67 bits per heavy atom. The molecule has 3 rings (SSSR count). The van der Waals surface area contributed by atoms with E-state index in [-0.39, 0.29) is 17.1 Å². The van der Waals surface area contributed by atoms with Crippen molar-refractivity contribution < 1.29 is 18.8 Å². The fourth-order valence-corrected chi connectivity index (χ4v) is 2.40. The minimum absolute atomic E-state index is 0.177. The number of hydrogen-bond donors (Lipinski definition) is 0. The second kappa shape index (κ2) is 6.50. The van der Waals surface area contributed by atoms with Gasteiger partial charge in [-0.15, -0.1) is 0 Å². The lowest BCUT2D eigenvalue weighted by atomic mass is 10.1. The fourth-order valence-electron chi connectivity index (χ4n) is 2.40. The largest absolute Gasteiger partial charge is 0.422 e. The zero-order chi connectivity index (χ0) is 17.1. The summed E-state index contributed by atoms with van der Waals surface area (Å²) in [6.45, 7) is 3.07. The van der Waals surface area contributed by atoms with Crippen molar-refractivity contribution in [3.63, 3.8) is 0 Å². The summed E-state index contributed by atoms with van der Waals surface area (Å²) < 4.78 is 10.6. The molecule has 120 valence electrons. The van der Waals surface area contributed by atoms with E-state index in [2.05, 4.69) is 5.16 Å². The number of aromatic nitrogens is 1. The van der Waals surface area contributed by atoms with Crippen LogP contribution in [0.15, 0.2) is 59.1 Å². The first-order chi connectivity index (χ1) is 11.6. The lowest BCUT2D eigenvalue weighted by molar-refractivity contribution is 0.0731. The first-order valence-electron chi connectivity index (χ1n) is 7.41. The normalized spacial score (nSPS) is 10.4. The highest BCUT2D eigenvalue weighted by molar-refractivity contribution is 6.01. The standard InChI is InChI=1S/C19H15NO4/c1-12(21)15-10-6-7-11-16(15)23-19(22)17-13(2)24-20-18(17)14-8-4-3-5-9-14/h3-11H,1-2H3. The Labute approximate surface area is 138 Å². The molecule has 0 N–H and O–H groups in total. The van der Waals surface area contributed by atoms with Crippen molar-refractivity contribution in [1.82, 2.24) is 5.16 Å². The average Bonchev–Trinajstić information content (AvgIpc) is 2.97. The van der Waals surface area contributed by atoms with Crippen LogP contribution in [-0.4, -0.2) is 16.9 Å². The van der Waals surface area contributed by atoms with E-state index in [0.717, 1.165) is 5.56 Å². The van der Waals surface area contributed by atoms with Crippen molar-refractivity contribution in [2.75, 3.05) is 0 Å². The van der Waals surface area contributed by atoms with Crippen LogP contribution < -0.4 is 4.74 Å². The molecule has 0 spiro atoms. The monoisotopic (exact) mass is 321 g/mol. The van der Waals surface area contributed by atoms with Crippen LogP contribution in [0.5, 0.6) is 5.75 Å². The van der Waals surface area contributed by atoms with E-state index in [1.807, 2.05) is 30.3 Å². The van der Waals surface area contributed by atoms with Gasteiger partial charge < -0.3 is 9.26 Å². The predicted molar refractivity (Wildman–Crippen MR) is 88.1 cm³/mol. The van der Waals surface area contributed by atoms with Crippen LogP contribution in [0, 0.1) is 6.92 Å². The molecule has 0 unspecified atom stereocenters. The van der Waals surface area contributed by atoms with Crippen molar-refractivity contribution in [2.24, 2.45) is 0 Å². The molecule has 5 heteroatoms. The van der Waals surface area contributed by atoms with Crippen LogP contribution in [0.2, 0.25) is 0 Å². The Bertz CT molecular complexity index is 897. The lowest BCUT2D eigenvalue weighted by Crippen LogP contribution is -2.12. The van der Waals surface area contributed by atoms with Gasteiger partial charge in [-0.2, -0.15) is 0 Å². The van der Waals surface area contributed by atoms with Gasteiger partial charge in [-0.3, -0.25) is 4.79 Å². The van der Waals surface area contributed by atoms with E-state index in [1.165, 1.54) is 6.92 Å². The molecule has 1 heterocycles. The molecular weight excluding hydrogens is 306 g/mol. The summed E-state index contributed by atoms with van der Waals surface area (Å²) in [5.41, 5.74) is 1.76. The quantitative estimate of drug-likeness (QED) is 0.411. The highest BCUT2D eigenvalue weighted by atomic mass is 16.5. The van der Waals surface area contributed by atoms with E-state index in [0.29, 0.717) is 17.0 Å². The molecule has 24 heavy (non-hydrogen) atoms. The molecule has 0 fully saturated rings. The SMILES string of the molecule is CC(=O)c1ccccc1OC(=O)c1c(-c2ccccc2)noc1C. The molecule has 0 aliphatic carbocycles. The summed E-state index contributed by atoms with van der Waals surface area (Å²) >= 11 is 0. The van der Waals surface area contributed by atoms with Gasteiger partial charge in [0.15, 0.2) is 5.78 Å². The van der Waals surface area contributed by atoms with Gasteiger partial charge in [-0.25, -0.2) is 4.79 Å². The summed E-state index contributed by atoms with van der Waals surface area (Å²) in [4.78, 5) is 24.3. The highest BCUT2D eigenvalue weighted by Gasteiger charge is 2.24. The Balaban J connectivity index is 1.98. The summed E-state index contributed by atoms with van der Waals surface area (Å²) in [5, 5.41) is 3.96. The van der Waals surface area contributed by atoms with Gasteiger partial charge in [0.1, 0.15) is 22.8 Å². The number of Topliss-reactive ketones (excluding diaryl/α,β-unsaturated/α-hetero) is 1. The number of ketones is 1. The molecular formula is C19H15NO4. The van der Waals surface area contributed by atoms with Crippen LogP contribution in [0.4, 0.5) is 0 Å². The van der Waals surface area contributed by atoms with Crippen LogP contribution in [-0.2, 0) is 0 Å². The third-order valence-electron chi connectivity index (χ3n) is 3.58. The summed E-state index contributed by atoms with van der Waals surface area (Å²) in [7, 11) is 0. The molecule has 0 saturated heterocycles. The van der Waals surface area contributed by atoms with Crippen LogP contribution in [0.3, 0.4) is 0 Å². The lowest BCUT2D eigenvalue weighted by Gasteiger charge is -2.08. The second-order valence-corrected chi connectivity index (χ2v) is 5.27. The van der Waals surface area contributed by atoms with Gasteiger partial charge in [0, 0.05) is 5.56 Å². The fraction of sp³-hybridized carbons (Fsp3) is 0.105. The van der Waals surface area contributed by atoms with E-state index < -0.39 is 5.97 Å². The number of ether oxygens (including phenoxy) is 1. The summed E-state index contributed by atoms with van der Waals surface area (Å²) in [6.07, 6.45) is 0. The number of rotatable bonds is 4. The third kappa shape index (κ3) is 2.96. The average molecular weight is 321 g/mol. The molecule has 2 aromatic carbocycles. The topological polar surface area (TPSA) is 69.4 Å². The Morgan fingerprint density at radius 1 is 1.00 bits per heavy atom. The van der Waals surface area contributed by atoms with Gasteiger partial charge in [-0.1, -0.05) is 47.6 Å². The van der Waals surface area contributed by atoms with Gasteiger partial charge in [0.25, 0.3) is 0 Å². The molecule has 5 nitrogen and oxygen atoms in total. The Kier molecular flexibility index (Phi) is 4.24. The number of para-hydroxylation sites is 1. The van der Waals surface area contributed by atoms with Crippen molar-refractivity contribution in [3.05, 3.63) is 71.5 Å². The molecule has 3 aromatic rings. The van der Waals surface area contributed by atoms with E-state index in [4.69, 9.17) is 9.26 Å². The van der Waals surface area contributed by atoms with Crippen molar-refractivity contribution in [1.29, 1.82) is 0 Å². The van der Waals surface area contributed by atoms with Gasteiger partial charge in [0.2, 0.25) is 0 Å². The number of benzene rings is 2.